The summed E-state index contributed by atoms with van der Waals surface area (Å²) < 4.78 is 36.9. The number of rotatable bonds is 5. The van der Waals surface area contributed by atoms with Crippen LogP contribution in [0.1, 0.15) is 6.42 Å². The number of hydrogen-bond donors (Lipinski definition) is 0. The standard InChI is InChI=1S/C14H13F2NO2S2/c1-21(19)11-6-4-10(5-7-11)12-9-20-14(18)17(12)8-2-3-13(15)16/h3-7,9H,2,8H2,1H3. The Kier molecular flexibility index (Phi) is 5.19. The van der Waals surface area contributed by atoms with E-state index >= 15 is 0 Å². The molecule has 0 bridgehead atoms. The number of halogens is 2. The molecule has 0 saturated heterocycles. The highest BCUT2D eigenvalue weighted by Crippen LogP contribution is 2.22. The number of hydrogen-bond acceptors (Lipinski definition) is 3. The van der Waals surface area contributed by atoms with Crippen molar-refractivity contribution in [2.75, 3.05) is 6.26 Å². The van der Waals surface area contributed by atoms with Gasteiger partial charge in [0.15, 0.2) is 0 Å². The maximum Gasteiger partial charge on any atom is 0.307 e. The first kappa shape index (κ1) is 15.8. The average Bonchev–Trinajstić information content (AvgIpc) is 2.80. The Morgan fingerprint density at radius 2 is 2.00 bits per heavy atom. The van der Waals surface area contributed by atoms with Gasteiger partial charge in [-0.2, -0.15) is 8.78 Å². The average molecular weight is 329 g/mol. The van der Waals surface area contributed by atoms with Crippen LogP contribution in [0.5, 0.6) is 0 Å². The van der Waals surface area contributed by atoms with Crippen LogP contribution in [0.15, 0.2) is 51.5 Å². The Bertz CT molecular complexity index is 728. The molecule has 21 heavy (non-hydrogen) atoms. The lowest BCUT2D eigenvalue weighted by molar-refractivity contribution is 0.416. The number of benzene rings is 1. The SMILES string of the molecule is CS(=O)c1ccc(-c2csc(=O)n2CCC=C(F)F)cc1. The van der Waals surface area contributed by atoms with E-state index in [-0.39, 0.29) is 17.8 Å². The molecule has 1 unspecified atom stereocenters. The number of aromatic nitrogens is 1. The molecule has 0 amide bonds. The molecular weight excluding hydrogens is 316 g/mol. The predicted molar refractivity (Wildman–Crippen MR) is 81.3 cm³/mol. The molecule has 1 heterocycles. The second kappa shape index (κ2) is 6.91. The van der Waals surface area contributed by atoms with Crippen LogP contribution < -0.4 is 4.87 Å². The summed E-state index contributed by atoms with van der Waals surface area (Å²) in [5.74, 6) is 0. The van der Waals surface area contributed by atoms with E-state index in [2.05, 4.69) is 0 Å². The number of thiazole rings is 1. The first-order valence-electron chi connectivity index (χ1n) is 6.12. The van der Waals surface area contributed by atoms with Crippen molar-refractivity contribution in [2.45, 2.75) is 17.9 Å². The highest BCUT2D eigenvalue weighted by atomic mass is 32.2. The van der Waals surface area contributed by atoms with Crippen molar-refractivity contribution in [2.24, 2.45) is 0 Å². The molecule has 0 N–H and O–H groups in total. The third-order valence-corrected chi connectivity index (χ3v) is 4.62. The molecule has 0 radical (unpaired) electrons. The van der Waals surface area contributed by atoms with Crippen molar-refractivity contribution >= 4 is 22.1 Å². The lowest BCUT2D eigenvalue weighted by Crippen LogP contribution is -2.14. The van der Waals surface area contributed by atoms with E-state index in [9.17, 15) is 17.8 Å². The van der Waals surface area contributed by atoms with Crippen LogP contribution >= 0.6 is 11.3 Å². The highest BCUT2D eigenvalue weighted by Gasteiger charge is 2.09. The van der Waals surface area contributed by atoms with Crippen LogP contribution in [-0.4, -0.2) is 15.0 Å². The predicted octanol–water partition coefficient (Wildman–Crippen LogP) is 3.48. The lowest BCUT2D eigenvalue weighted by atomic mass is 10.2. The van der Waals surface area contributed by atoms with Gasteiger partial charge in [-0.3, -0.25) is 13.6 Å². The highest BCUT2D eigenvalue weighted by molar-refractivity contribution is 7.84. The quantitative estimate of drug-likeness (QED) is 0.842. The van der Waals surface area contributed by atoms with E-state index in [1.165, 1.54) is 4.57 Å². The molecule has 1 atom stereocenters. The maximum absolute atomic E-state index is 12.1. The van der Waals surface area contributed by atoms with Crippen molar-refractivity contribution in [1.82, 2.24) is 4.57 Å². The molecule has 3 nitrogen and oxygen atoms in total. The Morgan fingerprint density at radius 3 is 2.57 bits per heavy atom. The fourth-order valence-electron chi connectivity index (χ4n) is 1.89. The summed E-state index contributed by atoms with van der Waals surface area (Å²) in [5.41, 5.74) is 1.48. The van der Waals surface area contributed by atoms with E-state index < -0.39 is 16.9 Å². The van der Waals surface area contributed by atoms with Crippen molar-refractivity contribution in [3.05, 3.63) is 51.5 Å². The summed E-state index contributed by atoms with van der Waals surface area (Å²) in [5, 5.41) is 1.70. The normalized spacial score (nSPS) is 12.1. The summed E-state index contributed by atoms with van der Waals surface area (Å²) in [7, 11) is -1.06. The van der Waals surface area contributed by atoms with Gasteiger partial charge in [0, 0.05) is 33.9 Å². The fourth-order valence-corrected chi connectivity index (χ4v) is 3.20. The smallest absolute Gasteiger partial charge is 0.298 e. The van der Waals surface area contributed by atoms with Gasteiger partial charge >= 0.3 is 4.87 Å². The topological polar surface area (TPSA) is 39.1 Å². The Labute approximate surface area is 127 Å². The van der Waals surface area contributed by atoms with E-state index in [1.54, 1.807) is 35.9 Å². The summed E-state index contributed by atoms with van der Waals surface area (Å²) in [6.45, 7) is 0.205. The molecule has 0 aliphatic rings. The Morgan fingerprint density at radius 1 is 1.33 bits per heavy atom. The third-order valence-electron chi connectivity index (χ3n) is 2.92. The van der Waals surface area contributed by atoms with Crippen LogP contribution in [0.4, 0.5) is 8.78 Å². The minimum atomic E-state index is -1.74. The molecule has 2 aromatic rings. The van der Waals surface area contributed by atoms with E-state index in [4.69, 9.17) is 0 Å². The van der Waals surface area contributed by atoms with Crippen molar-refractivity contribution in [1.29, 1.82) is 0 Å². The zero-order valence-corrected chi connectivity index (χ0v) is 12.8. The monoisotopic (exact) mass is 329 g/mol. The van der Waals surface area contributed by atoms with Gasteiger partial charge in [0.05, 0.1) is 5.69 Å². The van der Waals surface area contributed by atoms with Crippen molar-refractivity contribution in [3.63, 3.8) is 0 Å². The molecule has 7 heteroatoms. The first-order chi connectivity index (χ1) is 9.99. The van der Waals surface area contributed by atoms with E-state index in [1.807, 2.05) is 0 Å². The van der Waals surface area contributed by atoms with Crippen LogP contribution in [0.25, 0.3) is 11.3 Å². The molecule has 2 rings (SSSR count). The zero-order valence-electron chi connectivity index (χ0n) is 11.2. The minimum Gasteiger partial charge on any atom is -0.298 e. The Balaban J connectivity index is 2.29. The van der Waals surface area contributed by atoms with Crippen LogP contribution in [0, 0.1) is 0 Å². The third kappa shape index (κ3) is 3.95. The molecule has 1 aromatic heterocycles. The van der Waals surface area contributed by atoms with Gasteiger partial charge in [-0.15, -0.1) is 0 Å². The van der Waals surface area contributed by atoms with E-state index in [0.29, 0.717) is 10.6 Å². The van der Waals surface area contributed by atoms with Gasteiger partial charge in [-0.25, -0.2) is 0 Å². The second-order valence-corrected chi connectivity index (χ2v) is 6.50. The summed E-state index contributed by atoms with van der Waals surface area (Å²) in [4.78, 5) is 12.3. The number of allylic oxidation sites excluding steroid dienone is 1. The van der Waals surface area contributed by atoms with E-state index in [0.717, 1.165) is 23.0 Å². The van der Waals surface area contributed by atoms with Crippen molar-refractivity contribution in [3.8, 4) is 11.3 Å². The number of nitrogens with zero attached hydrogens (tertiary/aromatic N) is 1. The maximum atomic E-state index is 12.1. The molecule has 0 aliphatic heterocycles. The molecule has 112 valence electrons. The van der Waals surface area contributed by atoms with Gasteiger partial charge < -0.3 is 0 Å². The largest absolute Gasteiger partial charge is 0.307 e. The van der Waals surface area contributed by atoms with Gasteiger partial charge in [0.1, 0.15) is 0 Å². The zero-order chi connectivity index (χ0) is 15.4. The molecular formula is C14H13F2NO2S2. The molecule has 1 aromatic carbocycles. The molecule has 0 aliphatic carbocycles. The summed E-state index contributed by atoms with van der Waals surface area (Å²) in [6.07, 6.45) is 0.753. The lowest BCUT2D eigenvalue weighted by Gasteiger charge is -2.07. The summed E-state index contributed by atoms with van der Waals surface area (Å²) >= 11 is 1.03. The van der Waals surface area contributed by atoms with Crippen LogP contribution in [0.3, 0.4) is 0 Å². The minimum absolute atomic E-state index is 0.100. The fraction of sp³-hybridized carbons (Fsp3) is 0.214. The first-order valence-corrected chi connectivity index (χ1v) is 8.56. The van der Waals surface area contributed by atoms with Crippen LogP contribution in [-0.2, 0) is 17.3 Å². The molecule has 0 saturated carbocycles. The second-order valence-electron chi connectivity index (χ2n) is 4.30. The van der Waals surface area contributed by atoms with Gasteiger partial charge in [-0.1, -0.05) is 23.5 Å². The van der Waals surface area contributed by atoms with Gasteiger partial charge in [-0.05, 0) is 30.2 Å². The Hall–Kier alpha value is -1.60. The van der Waals surface area contributed by atoms with Crippen molar-refractivity contribution < 1.29 is 13.0 Å². The molecule has 0 spiro atoms. The molecule has 0 fully saturated rings. The summed E-state index contributed by atoms with van der Waals surface area (Å²) in [6, 6.07) is 7.03. The van der Waals surface area contributed by atoms with Gasteiger partial charge in [0.2, 0.25) is 0 Å². The van der Waals surface area contributed by atoms with Gasteiger partial charge in [0.25, 0.3) is 6.08 Å². The van der Waals surface area contributed by atoms with Crippen LogP contribution in [0.2, 0.25) is 0 Å².